The monoisotopic (exact) mass is 621 g/mol. The summed E-state index contributed by atoms with van der Waals surface area (Å²) in [6, 6.07) is 23.2. The normalized spacial score (nSPS) is 26.9. The number of Topliss-reactive ketones (excluding diaryl/α,β-unsaturated/α-hetero) is 1. The van der Waals surface area contributed by atoms with Crippen LogP contribution >= 0.6 is 0 Å². The summed E-state index contributed by atoms with van der Waals surface area (Å²) in [6.07, 6.45) is 11.4. The van der Waals surface area contributed by atoms with Crippen molar-refractivity contribution in [3.63, 3.8) is 0 Å². The first-order valence-electron chi connectivity index (χ1n) is 18.2. The van der Waals surface area contributed by atoms with Gasteiger partial charge in [-0.25, -0.2) is 0 Å². The first-order valence-corrected chi connectivity index (χ1v) is 18.2. The molecule has 4 nitrogen and oxygen atoms in total. The Bertz CT molecular complexity index is 2960. The van der Waals surface area contributed by atoms with Crippen molar-refractivity contribution in [2.45, 2.75) is 82.5 Å². The second kappa shape index (κ2) is 7.78. The Morgan fingerprint density at radius 1 is 0.625 bits per heavy atom. The molecule has 0 amide bonds. The van der Waals surface area contributed by atoms with Crippen LogP contribution in [0, 0.1) is 5.41 Å². The fourth-order valence-corrected chi connectivity index (χ4v) is 11.8. The highest BCUT2D eigenvalue weighted by atomic mass is 16.1. The number of ketones is 1. The molecule has 4 bridgehead atoms. The van der Waals surface area contributed by atoms with E-state index in [9.17, 15) is 4.79 Å². The highest BCUT2D eigenvalue weighted by molar-refractivity contribution is 6.38. The average molecular weight is 622 g/mol. The summed E-state index contributed by atoms with van der Waals surface area (Å²) in [7, 11) is 0. The van der Waals surface area contributed by atoms with Gasteiger partial charge in [-0.3, -0.25) is 9.78 Å². The molecule has 6 aliphatic rings. The minimum Gasteiger partial charge on any atom is -0.308 e. The van der Waals surface area contributed by atoms with Crippen molar-refractivity contribution in [3.8, 4) is 0 Å². The van der Waals surface area contributed by atoms with Gasteiger partial charge in [0.05, 0.1) is 39.3 Å². The first-order chi connectivity index (χ1) is 23.4. The van der Waals surface area contributed by atoms with Crippen LogP contribution in [0.5, 0.6) is 0 Å². The Morgan fingerprint density at radius 3 is 2.21 bits per heavy atom. The zero-order valence-corrected chi connectivity index (χ0v) is 27.4. The van der Waals surface area contributed by atoms with E-state index in [4.69, 9.17) is 4.98 Å². The summed E-state index contributed by atoms with van der Waals surface area (Å²) < 4.78 is 5.09. The minimum absolute atomic E-state index is 0.0216. The molecule has 0 radical (unpaired) electrons. The zero-order valence-electron chi connectivity index (χ0n) is 27.4. The van der Waals surface area contributed by atoms with Gasteiger partial charge >= 0.3 is 0 Å². The molecule has 0 atom stereocenters. The van der Waals surface area contributed by atoms with E-state index in [0.717, 1.165) is 31.2 Å². The fraction of sp³-hybridized carbons (Fsp3) is 0.318. The summed E-state index contributed by atoms with van der Waals surface area (Å²) >= 11 is 0. The maximum absolute atomic E-state index is 14.5. The molecule has 5 heterocycles. The number of benzene rings is 4. The van der Waals surface area contributed by atoms with Crippen molar-refractivity contribution >= 4 is 82.0 Å². The molecule has 0 N–H and O–H groups in total. The van der Waals surface area contributed by atoms with Gasteiger partial charge in [0.25, 0.3) is 0 Å². The standard InChI is InChI=1S/C44H35N3O/c1-43-14-16-44(2,17-15-43)42(48)27-19-32-28(18-30(27)43)38-36-26-8-5-7-25-24-6-3-4-9-31(24)46(40(25)26)33(36)20-29-37-34(47(32)41(29)38)21-45-39-23-12-10-22(11-13-23)35(37)39/h3-9,18-23H,10-17H2,1-2H3. The molecule has 0 aliphatic heterocycles. The van der Waals surface area contributed by atoms with Crippen molar-refractivity contribution in [3.05, 3.63) is 89.2 Å². The molecule has 2 saturated carbocycles. The van der Waals surface area contributed by atoms with Crippen LogP contribution in [0.4, 0.5) is 0 Å². The lowest BCUT2D eigenvalue weighted by Crippen LogP contribution is -2.33. The first kappa shape index (κ1) is 25.3. The maximum atomic E-state index is 14.5. The molecule has 0 saturated heterocycles. The van der Waals surface area contributed by atoms with Crippen LogP contribution in [-0.2, 0) is 5.41 Å². The van der Waals surface area contributed by atoms with E-state index < -0.39 is 0 Å². The third-order valence-corrected chi connectivity index (χ3v) is 14.4. The zero-order chi connectivity index (χ0) is 31.4. The van der Waals surface area contributed by atoms with E-state index in [2.05, 4.69) is 89.5 Å². The number of rotatable bonds is 0. The third-order valence-electron chi connectivity index (χ3n) is 14.4. The number of hydrogen-bond donors (Lipinski definition) is 0. The Kier molecular flexibility index (Phi) is 4.11. The van der Waals surface area contributed by atoms with Gasteiger partial charge in [0.1, 0.15) is 0 Å². The number of carbonyl (C=O) groups excluding carboxylic acids is 1. The number of pyridine rings is 1. The highest BCUT2D eigenvalue weighted by Crippen LogP contribution is 2.57. The number of nitrogens with zero attached hydrogens (tertiary/aromatic N) is 3. The molecule has 9 aromatic rings. The minimum atomic E-state index is -0.264. The molecule has 232 valence electrons. The maximum Gasteiger partial charge on any atom is 0.169 e. The molecule has 0 spiro atoms. The molecule has 5 aromatic heterocycles. The highest BCUT2D eigenvalue weighted by Gasteiger charge is 2.49. The Balaban J connectivity index is 1.32. The summed E-state index contributed by atoms with van der Waals surface area (Å²) in [5.41, 5.74) is 12.5. The second-order valence-electron chi connectivity index (χ2n) is 16.7. The van der Waals surface area contributed by atoms with Crippen LogP contribution < -0.4 is 0 Å². The SMILES string of the molecule is CC12CCC(C)(CC1)c1cc3c4c5c6cccc7c8ccccc8n(c5cc5c8c9c(ncc8n(c3cc1C2=O)c54)C1CCC9CC1)c76. The van der Waals surface area contributed by atoms with Gasteiger partial charge < -0.3 is 8.80 Å². The number of aromatic nitrogens is 3. The van der Waals surface area contributed by atoms with Gasteiger partial charge in [0.15, 0.2) is 5.78 Å². The van der Waals surface area contributed by atoms with Gasteiger partial charge in [0, 0.05) is 65.7 Å². The summed E-state index contributed by atoms with van der Waals surface area (Å²) in [6.45, 7) is 4.66. The van der Waals surface area contributed by atoms with E-state index in [-0.39, 0.29) is 10.8 Å². The molecule has 15 rings (SSSR count). The van der Waals surface area contributed by atoms with Crippen molar-refractivity contribution in [1.82, 2.24) is 13.8 Å². The van der Waals surface area contributed by atoms with Gasteiger partial charge in [0.2, 0.25) is 0 Å². The topological polar surface area (TPSA) is 38.8 Å². The fourth-order valence-electron chi connectivity index (χ4n) is 11.8. The number of carbonyl (C=O) groups is 1. The molecule has 2 fully saturated rings. The van der Waals surface area contributed by atoms with Crippen LogP contribution in [0.25, 0.3) is 76.2 Å². The molecular formula is C44H35N3O. The average Bonchev–Trinajstić information content (AvgIpc) is 3.83. The van der Waals surface area contributed by atoms with Gasteiger partial charge in [-0.05, 0) is 98.1 Å². The number of para-hydroxylation sites is 2. The predicted octanol–water partition coefficient (Wildman–Crippen LogP) is 11.2. The second-order valence-corrected chi connectivity index (χ2v) is 16.7. The third kappa shape index (κ3) is 2.58. The Morgan fingerprint density at radius 2 is 1.35 bits per heavy atom. The van der Waals surface area contributed by atoms with Gasteiger partial charge in [-0.15, -0.1) is 0 Å². The molecule has 48 heavy (non-hydrogen) atoms. The number of hydrogen-bond acceptors (Lipinski definition) is 2. The van der Waals surface area contributed by atoms with Crippen molar-refractivity contribution in [2.24, 2.45) is 5.41 Å². The van der Waals surface area contributed by atoms with Gasteiger partial charge in [-0.2, -0.15) is 0 Å². The summed E-state index contributed by atoms with van der Waals surface area (Å²) in [4.78, 5) is 19.8. The Hall–Kier alpha value is -4.70. The van der Waals surface area contributed by atoms with E-state index in [1.54, 1.807) is 0 Å². The quantitative estimate of drug-likeness (QED) is 0.169. The molecule has 6 aliphatic carbocycles. The molecule has 0 unspecified atom stereocenters. The Labute approximate surface area is 277 Å². The number of fused-ring (bicyclic) bond motifs is 17. The summed E-state index contributed by atoms with van der Waals surface area (Å²) in [5.74, 6) is 1.52. The van der Waals surface area contributed by atoms with E-state index in [1.807, 2.05) is 0 Å². The summed E-state index contributed by atoms with van der Waals surface area (Å²) in [5, 5.41) is 10.7. The molecular weight excluding hydrogens is 587 g/mol. The van der Waals surface area contributed by atoms with Gasteiger partial charge in [-0.1, -0.05) is 50.2 Å². The lowest BCUT2D eigenvalue weighted by molar-refractivity contribution is 0.0732. The van der Waals surface area contributed by atoms with Crippen molar-refractivity contribution in [1.29, 1.82) is 0 Å². The molecule has 4 aromatic carbocycles. The van der Waals surface area contributed by atoms with E-state index in [1.165, 1.54) is 119 Å². The van der Waals surface area contributed by atoms with Crippen LogP contribution in [0.3, 0.4) is 0 Å². The largest absolute Gasteiger partial charge is 0.308 e. The van der Waals surface area contributed by atoms with Crippen LogP contribution in [0.15, 0.2) is 66.9 Å². The predicted molar refractivity (Wildman–Crippen MR) is 196 cm³/mol. The van der Waals surface area contributed by atoms with Crippen molar-refractivity contribution in [2.75, 3.05) is 0 Å². The van der Waals surface area contributed by atoms with E-state index >= 15 is 0 Å². The van der Waals surface area contributed by atoms with Crippen molar-refractivity contribution < 1.29 is 4.79 Å². The van der Waals surface area contributed by atoms with Crippen LogP contribution in [0.2, 0.25) is 0 Å². The molecule has 4 heteroatoms. The lowest BCUT2D eigenvalue weighted by Gasteiger charge is -2.38. The van der Waals surface area contributed by atoms with Crippen LogP contribution in [0.1, 0.15) is 104 Å². The van der Waals surface area contributed by atoms with E-state index in [0.29, 0.717) is 17.6 Å². The van der Waals surface area contributed by atoms with Crippen LogP contribution in [-0.4, -0.2) is 19.6 Å². The smallest absolute Gasteiger partial charge is 0.169 e. The lowest BCUT2D eigenvalue weighted by atomic mass is 9.65.